The average molecular weight is 492 g/mol. The van der Waals surface area contributed by atoms with Gasteiger partial charge in [-0.3, -0.25) is 9.59 Å². The molecular weight excluding hydrogens is 462 g/mol. The van der Waals surface area contributed by atoms with E-state index in [4.69, 9.17) is 21.5 Å². The zero-order valence-corrected chi connectivity index (χ0v) is 19.9. The molecule has 0 aromatic carbocycles. The monoisotopic (exact) mass is 491 g/mol. The van der Waals surface area contributed by atoms with Crippen molar-refractivity contribution in [3.05, 3.63) is 29.3 Å². The first kappa shape index (κ1) is 23.7. The number of aromatic nitrogens is 4. The highest BCUT2D eigenvalue weighted by Gasteiger charge is 2.38. The second-order valence-electron chi connectivity index (χ2n) is 9.74. The normalized spacial score (nSPS) is 21.5. The number of hydrogen-bond donors (Lipinski definition) is 3. The summed E-state index contributed by atoms with van der Waals surface area (Å²) in [5, 5.41) is 11.9. The molecule has 12 nitrogen and oxygen atoms in total. The lowest BCUT2D eigenvalue weighted by Gasteiger charge is -2.32. The standard InChI is InChI=1S/C24H29N9O3/c25-10-15-9-16(15)12-36-24-31-21(22(35)28-11-13-1-2-13)30-23(32-24)33-7-5-14(6-8-33)18-4-3-17(26)19(29-18)20(27)34/h3-4,13-16H,1-2,5-9,11-12,26H2,(H2,27,34)(H,28,35)/t15-,16+/m0/s1. The van der Waals surface area contributed by atoms with Crippen molar-refractivity contribution in [2.75, 3.05) is 36.9 Å². The van der Waals surface area contributed by atoms with E-state index in [2.05, 4.69) is 31.3 Å². The molecule has 1 saturated heterocycles. The highest BCUT2D eigenvalue weighted by Crippen LogP contribution is 2.37. The van der Waals surface area contributed by atoms with E-state index in [0.29, 0.717) is 38.1 Å². The van der Waals surface area contributed by atoms with Crippen LogP contribution in [-0.2, 0) is 0 Å². The zero-order valence-electron chi connectivity index (χ0n) is 19.9. The van der Waals surface area contributed by atoms with Crippen molar-refractivity contribution in [2.24, 2.45) is 23.5 Å². The van der Waals surface area contributed by atoms with Crippen LogP contribution in [-0.4, -0.2) is 58.0 Å². The van der Waals surface area contributed by atoms with E-state index in [0.717, 1.165) is 37.8 Å². The molecule has 3 fully saturated rings. The van der Waals surface area contributed by atoms with Crippen LogP contribution in [0.1, 0.15) is 64.8 Å². The van der Waals surface area contributed by atoms with Gasteiger partial charge in [-0.25, -0.2) is 4.98 Å². The number of ether oxygens (including phenoxy) is 1. The van der Waals surface area contributed by atoms with Gasteiger partial charge in [0.25, 0.3) is 11.8 Å². The number of nitriles is 1. The Bertz CT molecular complexity index is 1200. The maximum atomic E-state index is 12.7. The number of pyridine rings is 1. The smallest absolute Gasteiger partial charge is 0.321 e. The lowest BCUT2D eigenvalue weighted by Crippen LogP contribution is -2.36. The summed E-state index contributed by atoms with van der Waals surface area (Å²) >= 11 is 0. The summed E-state index contributed by atoms with van der Waals surface area (Å²) in [6.45, 7) is 2.18. The number of rotatable bonds is 9. The van der Waals surface area contributed by atoms with Gasteiger partial charge in [0.05, 0.1) is 24.3 Å². The van der Waals surface area contributed by atoms with Gasteiger partial charge in [0.1, 0.15) is 0 Å². The van der Waals surface area contributed by atoms with Gasteiger partial charge in [0.2, 0.25) is 11.8 Å². The number of primary amides is 1. The average Bonchev–Trinajstić information content (AvgIpc) is 3.82. The van der Waals surface area contributed by atoms with Gasteiger partial charge in [-0.05, 0) is 50.2 Å². The van der Waals surface area contributed by atoms with Gasteiger partial charge in [0.15, 0.2) is 5.69 Å². The SMILES string of the molecule is N#C[C@@H]1C[C@@H]1COc1nc(C(=O)NCC2CC2)nc(N2CCC(c3ccc(N)c(C(N)=O)n3)CC2)n1. The fourth-order valence-corrected chi connectivity index (χ4v) is 4.35. The van der Waals surface area contributed by atoms with Gasteiger partial charge < -0.3 is 26.4 Å². The van der Waals surface area contributed by atoms with Crippen molar-refractivity contribution in [1.29, 1.82) is 5.26 Å². The van der Waals surface area contributed by atoms with Crippen LogP contribution in [0.5, 0.6) is 6.01 Å². The first-order chi connectivity index (χ1) is 17.4. The van der Waals surface area contributed by atoms with Crippen LogP contribution in [0.25, 0.3) is 0 Å². The molecule has 2 amide bonds. The second-order valence-corrected chi connectivity index (χ2v) is 9.74. The lowest BCUT2D eigenvalue weighted by molar-refractivity contribution is 0.0938. The van der Waals surface area contributed by atoms with Crippen molar-refractivity contribution in [1.82, 2.24) is 25.3 Å². The van der Waals surface area contributed by atoms with E-state index in [1.807, 2.05) is 11.0 Å². The molecule has 2 aliphatic carbocycles. The summed E-state index contributed by atoms with van der Waals surface area (Å²) in [4.78, 5) is 43.9. The minimum Gasteiger partial charge on any atom is -0.463 e. The highest BCUT2D eigenvalue weighted by atomic mass is 16.5. The first-order valence-electron chi connectivity index (χ1n) is 12.3. The number of carbonyl (C=O) groups is 2. The van der Waals surface area contributed by atoms with E-state index in [1.165, 1.54) is 0 Å². The lowest BCUT2D eigenvalue weighted by atomic mass is 9.93. The number of nitrogens with one attached hydrogen (secondary N) is 1. The molecule has 2 atom stereocenters. The summed E-state index contributed by atoms with van der Waals surface area (Å²) in [6.07, 6.45) is 4.53. The Hall–Kier alpha value is -4.01. The van der Waals surface area contributed by atoms with Gasteiger partial charge >= 0.3 is 6.01 Å². The molecule has 36 heavy (non-hydrogen) atoms. The molecule has 12 heteroatoms. The largest absolute Gasteiger partial charge is 0.463 e. The Morgan fingerprint density at radius 2 is 1.92 bits per heavy atom. The van der Waals surface area contributed by atoms with Crippen LogP contribution in [0.2, 0.25) is 0 Å². The summed E-state index contributed by atoms with van der Waals surface area (Å²) in [5.41, 5.74) is 12.3. The summed E-state index contributed by atoms with van der Waals surface area (Å²) in [6, 6.07) is 5.81. The number of nitrogens with two attached hydrogens (primary N) is 2. The molecule has 5 rings (SSSR count). The Morgan fingerprint density at radius 3 is 2.58 bits per heavy atom. The molecule has 0 bridgehead atoms. The van der Waals surface area contributed by atoms with Crippen LogP contribution in [0.4, 0.5) is 11.6 Å². The molecule has 2 aromatic rings. The number of anilines is 2. The summed E-state index contributed by atoms with van der Waals surface area (Å²) in [7, 11) is 0. The number of nitrogens with zero attached hydrogens (tertiary/aromatic N) is 6. The third-order valence-electron chi connectivity index (χ3n) is 6.95. The predicted molar refractivity (Wildman–Crippen MR) is 129 cm³/mol. The Balaban J connectivity index is 1.29. The van der Waals surface area contributed by atoms with Crippen molar-refractivity contribution < 1.29 is 14.3 Å². The maximum Gasteiger partial charge on any atom is 0.321 e. The number of carbonyl (C=O) groups excluding carboxylic acids is 2. The molecule has 188 valence electrons. The fraction of sp³-hybridized carbons (Fsp3) is 0.542. The summed E-state index contributed by atoms with van der Waals surface area (Å²) in [5.74, 6) is 0.222. The highest BCUT2D eigenvalue weighted by molar-refractivity contribution is 5.95. The van der Waals surface area contributed by atoms with E-state index in [9.17, 15) is 9.59 Å². The topological polar surface area (TPSA) is 186 Å². The van der Waals surface area contributed by atoms with Crippen molar-refractivity contribution in [2.45, 2.75) is 38.0 Å². The predicted octanol–water partition coefficient (Wildman–Crippen LogP) is 1.01. The minimum absolute atomic E-state index is 0.00340. The van der Waals surface area contributed by atoms with E-state index in [-0.39, 0.29) is 46.9 Å². The first-order valence-corrected chi connectivity index (χ1v) is 12.3. The zero-order chi connectivity index (χ0) is 25.2. The van der Waals surface area contributed by atoms with Gasteiger partial charge in [-0.2, -0.15) is 20.2 Å². The van der Waals surface area contributed by atoms with Crippen LogP contribution >= 0.6 is 0 Å². The Kier molecular flexibility index (Phi) is 6.54. The molecule has 2 saturated carbocycles. The van der Waals surface area contributed by atoms with E-state index in [1.54, 1.807) is 6.07 Å². The van der Waals surface area contributed by atoms with Crippen LogP contribution < -0.4 is 26.4 Å². The summed E-state index contributed by atoms with van der Waals surface area (Å²) < 4.78 is 5.77. The quantitative estimate of drug-likeness (QED) is 0.457. The molecular formula is C24H29N9O3. The fourth-order valence-electron chi connectivity index (χ4n) is 4.35. The van der Waals surface area contributed by atoms with Crippen LogP contribution in [0, 0.1) is 29.1 Å². The number of piperidine rings is 1. The molecule has 2 aromatic heterocycles. The van der Waals surface area contributed by atoms with Gasteiger partial charge in [-0.1, -0.05) is 0 Å². The maximum absolute atomic E-state index is 12.7. The number of nitrogen functional groups attached to an aromatic ring is 1. The number of amides is 2. The van der Waals surface area contributed by atoms with Crippen molar-refractivity contribution in [3.63, 3.8) is 0 Å². The molecule has 3 heterocycles. The molecule has 0 unspecified atom stereocenters. The molecule has 1 aliphatic heterocycles. The van der Waals surface area contributed by atoms with Gasteiger partial charge in [-0.15, -0.1) is 0 Å². The number of hydrogen-bond acceptors (Lipinski definition) is 10. The van der Waals surface area contributed by atoms with E-state index >= 15 is 0 Å². The third kappa shape index (κ3) is 5.45. The van der Waals surface area contributed by atoms with Crippen LogP contribution in [0.3, 0.4) is 0 Å². The Labute approximate surface area is 208 Å². The molecule has 0 spiro atoms. The van der Waals surface area contributed by atoms with Crippen molar-refractivity contribution >= 4 is 23.5 Å². The van der Waals surface area contributed by atoms with E-state index < -0.39 is 5.91 Å². The second kappa shape index (κ2) is 9.93. The molecule has 5 N–H and O–H groups in total. The van der Waals surface area contributed by atoms with Crippen molar-refractivity contribution in [3.8, 4) is 12.1 Å². The minimum atomic E-state index is -0.649. The van der Waals surface area contributed by atoms with Crippen LogP contribution in [0.15, 0.2) is 12.1 Å². The Morgan fingerprint density at radius 1 is 1.14 bits per heavy atom. The molecule has 3 aliphatic rings. The van der Waals surface area contributed by atoms with Gasteiger partial charge in [0, 0.05) is 37.2 Å². The third-order valence-corrected chi connectivity index (χ3v) is 6.95. The molecule has 0 radical (unpaired) electrons.